The Morgan fingerprint density at radius 3 is 2.87 bits per heavy atom. The van der Waals surface area contributed by atoms with Gasteiger partial charge in [-0.1, -0.05) is 12.6 Å². The van der Waals surface area contributed by atoms with Crippen molar-refractivity contribution >= 4 is 11.8 Å². The molecule has 0 spiro atoms. The largest absolute Gasteiger partial charge is 0.433 e. The molecule has 0 aliphatic carbocycles. The fourth-order valence-corrected chi connectivity index (χ4v) is 2.56. The first kappa shape index (κ1) is 17.0. The molecule has 1 atom stereocenters. The van der Waals surface area contributed by atoms with E-state index in [4.69, 9.17) is 0 Å². The fraction of sp³-hybridized carbons (Fsp3) is 0.400. The average Bonchev–Trinajstić information content (AvgIpc) is 3.01. The zero-order valence-electron chi connectivity index (χ0n) is 12.3. The van der Waals surface area contributed by atoms with E-state index in [1.165, 1.54) is 17.0 Å². The SMILES string of the molecule is C=CC(=O)N1CCC[C@@H]1C(=O)NCc1cccnc1C(F)(F)F. The van der Waals surface area contributed by atoms with Crippen LogP contribution in [0.15, 0.2) is 31.0 Å². The maximum Gasteiger partial charge on any atom is 0.433 e. The van der Waals surface area contributed by atoms with Crippen LogP contribution in [0.1, 0.15) is 24.1 Å². The monoisotopic (exact) mass is 327 g/mol. The normalized spacial score (nSPS) is 17.9. The molecule has 0 unspecified atom stereocenters. The summed E-state index contributed by atoms with van der Waals surface area (Å²) in [5, 5.41) is 2.46. The van der Waals surface area contributed by atoms with Crippen LogP contribution in [0.3, 0.4) is 0 Å². The Bertz CT molecular complexity index is 616. The molecule has 1 fully saturated rings. The molecule has 1 aromatic heterocycles. The van der Waals surface area contributed by atoms with E-state index in [1.807, 2.05) is 0 Å². The highest BCUT2D eigenvalue weighted by Gasteiger charge is 2.36. The quantitative estimate of drug-likeness (QED) is 0.859. The first-order valence-corrected chi connectivity index (χ1v) is 7.06. The predicted octanol–water partition coefficient (Wildman–Crippen LogP) is 1.89. The standard InChI is InChI=1S/C15H16F3N3O2/c1-2-12(22)21-8-4-6-11(21)14(23)20-9-10-5-3-7-19-13(10)15(16,17)18/h2-3,5,7,11H,1,4,6,8-9H2,(H,20,23)/t11-/m1/s1. The molecule has 2 rings (SSSR count). The second kappa shape index (κ2) is 6.80. The van der Waals surface area contributed by atoms with Crippen LogP contribution < -0.4 is 5.32 Å². The van der Waals surface area contributed by atoms with Crippen LogP contribution in [0.4, 0.5) is 13.2 Å². The Morgan fingerprint density at radius 2 is 2.22 bits per heavy atom. The summed E-state index contributed by atoms with van der Waals surface area (Å²) < 4.78 is 38.5. The van der Waals surface area contributed by atoms with Gasteiger partial charge in [-0.2, -0.15) is 13.2 Å². The molecule has 5 nitrogen and oxygen atoms in total. The minimum atomic E-state index is -4.58. The van der Waals surface area contributed by atoms with Crippen LogP contribution in [0.25, 0.3) is 0 Å². The molecule has 0 aromatic carbocycles. The summed E-state index contributed by atoms with van der Waals surface area (Å²) in [5.41, 5.74) is -1.14. The highest BCUT2D eigenvalue weighted by molar-refractivity contribution is 5.93. The second-order valence-electron chi connectivity index (χ2n) is 5.12. The molecule has 1 saturated heterocycles. The summed E-state index contributed by atoms with van der Waals surface area (Å²) in [4.78, 5) is 28.5. The number of carbonyl (C=O) groups is 2. The second-order valence-corrected chi connectivity index (χ2v) is 5.12. The molecular formula is C15H16F3N3O2. The lowest BCUT2D eigenvalue weighted by molar-refractivity contribution is -0.142. The number of nitrogens with one attached hydrogen (secondary N) is 1. The lowest BCUT2D eigenvalue weighted by Crippen LogP contribution is -2.45. The van der Waals surface area contributed by atoms with Gasteiger partial charge in [-0.15, -0.1) is 0 Å². The Hall–Kier alpha value is -2.38. The summed E-state index contributed by atoms with van der Waals surface area (Å²) >= 11 is 0. The average molecular weight is 327 g/mol. The van der Waals surface area contributed by atoms with E-state index in [0.717, 1.165) is 12.3 Å². The van der Waals surface area contributed by atoms with E-state index >= 15 is 0 Å². The molecular weight excluding hydrogens is 311 g/mol. The van der Waals surface area contributed by atoms with E-state index in [2.05, 4.69) is 16.9 Å². The van der Waals surface area contributed by atoms with Crippen molar-refractivity contribution in [3.05, 3.63) is 42.2 Å². The van der Waals surface area contributed by atoms with Crippen molar-refractivity contribution in [3.63, 3.8) is 0 Å². The number of likely N-dealkylation sites (tertiary alicyclic amines) is 1. The summed E-state index contributed by atoms with van der Waals surface area (Å²) in [6, 6.07) is 1.96. The van der Waals surface area contributed by atoms with Crippen molar-refractivity contribution in [2.24, 2.45) is 0 Å². The van der Waals surface area contributed by atoms with Gasteiger partial charge in [0.15, 0.2) is 0 Å². The van der Waals surface area contributed by atoms with Crippen LogP contribution in [0.2, 0.25) is 0 Å². The lowest BCUT2D eigenvalue weighted by atomic mass is 10.1. The van der Waals surface area contributed by atoms with Gasteiger partial charge in [0.05, 0.1) is 0 Å². The number of hydrogen-bond donors (Lipinski definition) is 1. The minimum absolute atomic E-state index is 0.118. The van der Waals surface area contributed by atoms with Crippen LogP contribution >= 0.6 is 0 Å². The first-order chi connectivity index (χ1) is 10.8. The lowest BCUT2D eigenvalue weighted by Gasteiger charge is -2.22. The van der Waals surface area contributed by atoms with Gasteiger partial charge < -0.3 is 10.2 Å². The Morgan fingerprint density at radius 1 is 1.48 bits per heavy atom. The van der Waals surface area contributed by atoms with Crippen molar-refractivity contribution in [3.8, 4) is 0 Å². The Balaban J connectivity index is 2.05. The van der Waals surface area contributed by atoms with Crippen LogP contribution in [0, 0.1) is 0 Å². The molecule has 0 saturated carbocycles. The topological polar surface area (TPSA) is 62.3 Å². The molecule has 0 radical (unpaired) electrons. The van der Waals surface area contributed by atoms with Crippen LogP contribution in [0.5, 0.6) is 0 Å². The van der Waals surface area contributed by atoms with Gasteiger partial charge in [-0.3, -0.25) is 14.6 Å². The van der Waals surface area contributed by atoms with E-state index in [1.54, 1.807) is 0 Å². The van der Waals surface area contributed by atoms with Crippen molar-refractivity contribution in [2.75, 3.05) is 6.54 Å². The highest BCUT2D eigenvalue weighted by atomic mass is 19.4. The zero-order valence-corrected chi connectivity index (χ0v) is 12.3. The summed E-state index contributed by atoms with van der Waals surface area (Å²) in [6.45, 7) is 3.51. The number of carbonyl (C=O) groups excluding carboxylic acids is 2. The third-order valence-corrected chi connectivity index (χ3v) is 3.63. The van der Waals surface area contributed by atoms with E-state index in [9.17, 15) is 22.8 Å². The van der Waals surface area contributed by atoms with Gasteiger partial charge in [0, 0.05) is 24.8 Å². The fourth-order valence-electron chi connectivity index (χ4n) is 2.56. The molecule has 1 aliphatic heterocycles. The number of alkyl halides is 3. The van der Waals surface area contributed by atoms with E-state index in [0.29, 0.717) is 19.4 Å². The number of hydrogen-bond acceptors (Lipinski definition) is 3. The number of rotatable bonds is 4. The highest BCUT2D eigenvalue weighted by Crippen LogP contribution is 2.30. The maximum absolute atomic E-state index is 12.8. The minimum Gasteiger partial charge on any atom is -0.350 e. The molecule has 1 aliphatic rings. The van der Waals surface area contributed by atoms with Gasteiger partial charge in [0.1, 0.15) is 11.7 Å². The van der Waals surface area contributed by atoms with Crippen molar-refractivity contribution in [1.82, 2.24) is 15.2 Å². The summed E-state index contributed by atoms with van der Waals surface area (Å²) in [5.74, 6) is -0.838. The van der Waals surface area contributed by atoms with Gasteiger partial charge in [0.25, 0.3) is 0 Å². The molecule has 23 heavy (non-hydrogen) atoms. The third kappa shape index (κ3) is 3.88. The van der Waals surface area contributed by atoms with Crippen LogP contribution in [-0.2, 0) is 22.3 Å². The van der Waals surface area contributed by atoms with E-state index in [-0.39, 0.29) is 18.0 Å². The molecule has 8 heteroatoms. The third-order valence-electron chi connectivity index (χ3n) is 3.63. The molecule has 0 bridgehead atoms. The molecule has 2 heterocycles. The zero-order chi connectivity index (χ0) is 17.0. The van der Waals surface area contributed by atoms with Crippen molar-refractivity contribution < 1.29 is 22.8 Å². The number of aromatic nitrogens is 1. The van der Waals surface area contributed by atoms with Gasteiger partial charge in [-0.25, -0.2) is 0 Å². The van der Waals surface area contributed by atoms with Gasteiger partial charge in [0.2, 0.25) is 11.8 Å². The maximum atomic E-state index is 12.8. The molecule has 2 amide bonds. The summed E-state index contributed by atoms with van der Waals surface area (Å²) in [7, 11) is 0. The van der Waals surface area contributed by atoms with E-state index < -0.39 is 23.8 Å². The van der Waals surface area contributed by atoms with Gasteiger partial charge >= 0.3 is 6.18 Å². The molecule has 1 aromatic rings. The van der Waals surface area contributed by atoms with Crippen molar-refractivity contribution in [1.29, 1.82) is 0 Å². The Kier molecular flexibility index (Phi) is 5.02. The molecule has 1 N–H and O–H groups in total. The summed E-state index contributed by atoms with van der Waals surface area (Å²) in [6.07, 6.45) is -1.27. The van der Waals surface area contributed by atoms with Crippen molar-refractivity contribution in [2.45, 2.75) is 31.6 Å². The number of halogens is 3. The smallest absolute Gasteiger partial charge is 0.350 e. The number of nitrogens with zero attached hydrogens (tertiary/aromatic N) is 2. The molecule has 124 valence electrons. The predicted molar refractivity (Wildman–Crippen MR) is 76.0 cm³/mol. The van der Waals surface area contributed by atoms with Crippen LogP contribution in [-0.4, -0.2) is 34.3 Å². The first-order valence-electron chi connectivity index (χ1n) is 7.06. The van der Waals surface area contributed by atoms with Gasteiger partial charge in [-0.05, 0) is 25.0 Å². The number of pyridine rings is 1. The number of amides is 2. The Labute approximate surface area is 131 Å².